The average molecular weight is 907 g/mol. The van der Waals surface area contributed by atoms with Gasteiger partial charge in [-0.25, -0.2) is 8.42 Å². The molecule has 2 unspecified atom stereocenters. The van der Waals surface area contributed by atoms with E-state index in [1.54, 1.807) is 25.2 Å². The first-order valence-electron chi connectivity index (χ1n) is 15.4. The summed E-state index contributed by atoms with van der Waals surface area (Å²) in [5, 5.41) is 6.70. The second kappa shape index (κ2) is 13.7. The zero-order valence-corrected chi connectivity index (χ0v) is 33.8. The van der Waals surface area contributed by atoms with Crippen LogP contribution in [-0.2, 0) is 25.0 Å². The number of anilines is 3. The molecule has 0 radical (unpaired) electrons. The molecule has 4 atom stereocenters. The zero-order chi connectivity index (χ0) is 34.5. The van der Waals surface area contributed by atoms with E-state index in [1.807, 2.05) is 32.0 Å². The Morgan fingerprint density at radius 3 is 2.43 bits per heavy atom. The molecule has 5 rings (SSSR count). The molecular weight excluding hydrogens is 864 g/mol. The standard InChI is InChI=1S/C35H43ClI2N3O5S/c1-20(18-34(4,5)6)35(26-14-12-23(38-19-37-38)16-30(26)46-33(35)43)31(25-10-9-11-27(36)21(25)2)22(3)32(42)40-28-15-13-24(17-29(28)39-7)41-47(8,44)45/h9-17,20,22,31,39,41H,18-19H2,1-8H3,(H,40,42)/q-1/t20?,22-,31?,35+/m1/s1. The van der Waals surface area contributed by atoms with Gasteiger partial charge in [0.2, 0.25) is 10.0 Å². The van der Waals surface area contributed by atoms with Crippen LogP contribution in [0.5, 0.6) is 5.75 Å². The first-order chi connectivity index (χ1) is 22.0. The fraction of sp³-hybridized carbons (Fsp3) is 0.429. The van der Waals surface area contributed by atoms with Gasteiger partial charge in [-0.2, -0.15) is 0 Å². The van der Waals surface area contributed by atoms with Gasteiger partial charge in [-0.1, -0.05) is 0 Å². The summed E-state index contributed by atoms with van der Waals surface area (Å²) in [4.78, 5) is 29.1. The molecule has 0 aromatic heterocycles. The zero-order valence-electron chi connectivity index (χ0n) is 27.9. The molecule has 3 N–H and O–H groups in total. The van der Waals surface area contributed by atoms with Crippen LogP contribution in [0.2, 0.25) is 5.02 Å². The molecule has 8 nitrogen and oxygen atoms in total. The molecule has 1 amide bonds. The summed E-state index contributed by atoms with van der Waals surface area (Å²) in [7, 11) is -1.79. The molecule has 0 saturated carbocycles. The summed E-state index contributed by atoms with van der Waals surface area (Å²) in [5.74, 6) is -1.50. The number of hydrogen-bond acceptors (Lipinski definition) is 6. The molecule has 256 valence electrons. The molecule has 2 aliphatic rings. The number of sulfonamides is 1. The summed E-state index contributed by atoms with van der Waals surface area (Å²) in [6.07, 6.45) is 1.80. The molecule has 1 fully saturated rings. The molecular formula is C35H43ClI2N3O5S-. The van der Waals surface area contributed by atoms with Gasteiger partial charge in [-0.15, -0.1) is 0 Å². The van der Waals surface area contributed by atoms with Gasteiger partial charge in [0.05, 0.1) is 11.9 Å². The number of nitrogens with one attached hydrogen (secondary N) is 3. The van der Waals surface area contributed by atoms with Crippen molar-refractivity contribution < 1.29 is 40.0 Å². The Balaban J connectivity index is 1.66. The Morgan fingerprint density at radius 1 is 1.11 bits per heavy atom. The van der Waals surface area contributed by atoms with Crippen LogP contribution in [0, 0.1) is 27.7 Å². The van der Waals surface area contributed by atoms with Gasteiger partial charge in [-0.05, 0) is 0 Å². The quantitative estimate of drug-likeness (QED) is 0.108. The number of ether oxygens (including phenoxy) is 1. The van der Waals surface area contributed by atoms with Crippen molar-refractivity contribution in [1.82, 2.24) is 0 Å². The fourth-order valence-corrected chi connectivity index (χ4v) is 21.5. The molecule has 0 aliphatic carbocycles. The van der Waals surface area contributed by atoms with Crippen LogP contribution in [0.3, 0.4) is 0 Å². The van der Waals surface area contributed by atoms with Crippen LogP contribution >= 0.6 is 27.4 Å². The van der Waals surface area contributed by atoms with Crippen molar-refractivity contribution in [2.45, 2.75) is 59.3 Å². The normalized spacial score (nSPS) is 20.3. The van der Waals surface area contributed by atoms with Crippen LogP contribution < -0.4 is 37.3 Å². The Hall–Kier alpha value is -2.10. The topological polar surface area (TPSA) is 114 Å². The summed E-state index contributed by atoms with van der Waals surface area (Å²) in [6, 6.07) is 17.0. The van der Waals surface area contributed by atoms with Crippen LogP contribution in [0.1, 0.15) is 63.6 Å². The fourth-order valence-electron chi connectivity index (χ4n) is 7.03. The van der Waals surface area contributed by atoms with Crippen LogP contribution in [0.25, 0.3) is 0 Å². The second-order valence-electron chi connectivity index (χ2n) is 13.7. The van der Waals surface area contributed by atoms with Crippen LogP contribution in [0.15, 0.2) is 54.6 Å². The number of carbonyl (C=O) groups excluding carboxylic acids is 2. The molecule has 3 aromatic rings. The Labute approximate surface area is 297 Å². The van der Waals surface area contributed by atoms with Gasteiger partial charge in [-0.3, -0.25) is 4.72 Å². The van der Waals surface area contributed by atoms with Gasteiger partial charge < -0.3 is 0 Å². The molecule has 0 bridgehead atoms. The SMILES string of the molecule is CNc1cc(NS(C)(=O)=O)ccc1NC(=O)[C@H](C)C(c1cccc(Cl)c1C)[C@@]1(C(C)CC(C)(C)C)C(=O)Oc2cc(I3C[I-]3)ccc21. The van der Waals surface area contributed by atoms with Crippen molar-refractivity contribution in [1.29, 1.82) is 0 Å². The first kappa shape index (κ1) is 36.2. The maximum atomic E-state index is 14.7. The number of amides is 1. The summed E-state index contributed by atoms with van der Waals surface area (Å²) in [5.41, 5.74) is 2.62. The van der Waals surface area contributed by atoms with Gasteiger partial charge >= 0.3 is 257 Å². The third-order valence-corrected chi connectivity index (χ3v) is 24.0. The Kier molecular flexibility index (Phi) is 10.5. The van der Waals surface area contributed by atoms with E-state index in [9.17, 15) is 18.0 Å². The molecule has 1 saturated heterocycles. The number of esters is 1. The van der Waals surface area contributed by atoms with Crippen molar-refractivity contribution in [3.8, 4) is 5.75 Å². The first-order valence-corrected chi connectivity index (χ1v) is 28.1. The monoisotopic (exact) mass is 906 g/mol. The second-order valence-corrected chi connectivity index (χ2v) is 34.3. The molecule has 0 spiro atoms. The minimum absolute atomic E-state index is 0.107. The number of carbonyl (C=O) groups is 2. The van der Waals surface area contributed by atoms with Crippen molar-refractivity contribution in [2.75, 3.05) is 31.1 Å². The number of fused-ring (bicyclic) bond motifs is 1. The molecule has 3 aromatic carbocycles. The van der Waals surface area contributed by atoms with Gasteiger partial charge in [0, 0.05) is 7.05 Å². The van der Waals surface area contributed by atoms with E-state index in [0.717, 1.165) is 29.4 Å². The van der Waals surface area contributed by atoms with Gasteiger partial charge in [0.1, 0.15) is 0 Å². The summed E-state index contributed by atoms with van der Waals surface area (Å²) < 4.78 is 35.2. The summed E-state index contributed by atoms with van der Waals surface area (Å²) in [6.45, 7) is 12.4. The third-order valence-electron chi connectivity index (χ3n) is 8.96. The van der Waals surface area contributed by atoms with Crippen molar-refractivity contribution in [3.05, 3.63) is 79.9 Å². The van der Waals surface area contributed by atoms with Crippen LogP contribution in [-0.4, -0.2) is 36.0 Å². The summed E-state index contributed by atoms with van der Waals surface area (Å²) >= 11 is 6.03. The van der Waals surface area contributed by atoms with E-state index in [4.69, 9.17) is 16.3 Å². The minimum atomic E-state index is -3.49. The van der Waals surface area contributed by atoms with Gasteiger partial charge in [0.15, 0.2) is 0 Å². The predicted molar refractivity (Wildman–Crippen MR) is 196 cm³/mol. The predicted octanol–water partition coefficient (Wildman–Crippen LogP) is 5.00. The molecule has 12 heteroatoms. The number of alkyl halides is 2. The maximum absolute atomic E-state index is 14.7. The number of rotatable bonds is 11. The molecule has 47 heavy (non-hydrogen) atoms. The Bertz CT molecular complexity index is 1830. The van der Waals surface area contributed by atoms with Crippen molar-refractivity contribution >= 4 is 66.4 Å². The third kappa shape index (κ3) is 7.57. The number of hydrogen-bond donors (Lipinski definition) is 3. The van der Waals surface area contributed by atoms with Crippen molar-refractivity contribution in [3.63, 3.8) is 0 Å². The van der Waals surface area contributed by atoms with E-state index >= 15 is 0 Å². The molecule has 2 heterocycles. The van der Waals surface area contributed by atoms with Crippen LogP contribution in [0.4, 0.5) is 17.1 Å². The Morgan fingerprint density at radius 2 is 1.81 bits per heavy atom. The number of halogens is 3. The van der Waals surface area contributed by atoms with E-state index in [2.05, 4.69) is 61.2 Å². The molecule has 2 aliphatic heterocycles. The van der Waals surface area contributed by atoms with E-state index < -0.39 is 43.1 Å². The van der Waals surface area contributed by atoms with Crippen molar-refractivity contribution in [2.24, 2.45) is 17.3 Å². The number of benzene rings is 3. The van der Waals surface area contributed by atoms with E-state index in [1.165, 1.54) is 6.00 Å². The van der Waals surface area contributed by atoms with Gasteiger partial charge in [0.25, 0.3) is 0 Å². The van der Waals surface area contributed by atoms with E-state index in [-0.39, 0.29) is 23.2 Å². The average Bonchev–Trinajstić information content (AvgIpc) is 3.78. The van der Waals surface area contributed by atoms with E-state index in [0.29, 0.717) is 45.1 Å².